The van der Waals surface area contributed by atoms with Crippen molar-refractivity contribution in [3.8, 4) is 5.75 Å². The molecule has 3 aromatic rings. The maximum Gasteiger partial charge on any atom is 0.491 e. The van der Waals surface area contributed by atoms with Gasteiger partial charge in [0.15, 0.2) is 22.7 Å². The fourth-order valence-corrected chi connectivity index (χ4v) is 2.30. The SMILES string of the molecule is CCOc1ccc2c(oc3c(F)c(B(O)O)ccc32)c1F. The lowest BCUT2D eigenvalue weighted by molar-refractivity contribution is 0.321. The van der Waals surface area contributed by atoms with E-state index in [1.165, 1.54) is 18.2 Å². The van der Waals surface area contributed by atoms with Crippen LogP contribution in [0.1, 0.15) is 6.92 Å². The lowest BCUT2D eigenvalue weighted by atomic mass is 9.79. The standard InChI is InChI=1S/C14H11BF2O4/c1-2-20-10-6-4-8-7-3-5-9(15(18)19)11(16)13(7)21-14(8)12(10)17/h3-6,18-19H,2H2,1H3. The average molecular weight is 292 g/mol. The molecule has 3 rings (SSSR count). The molecule has 0 saturated heterocycles. The van der Waals surface area contributed by atoms with E-state index in [0.717, 1.165) is 0 Å². The van der Waals surface area contributed by atoms with Crippen LogP contribution in [-0.4, -0.2) is 23.8 Å². The molecule has 0 fully saturated rings. The summed E-state index contributed by atoms with van der Waals surface area (Å²) < 4.78 is 38.8. The van der Waals surface area contributed by atoms with Gasteiger partial charge in [0.25, 0.3) is 0 Å². The van der Waals surface area contributed by atoms with Gasteiger partial charge < -0.3 is 19.2 Å². The summed E-state index contributed by atoms with van der Waals surface area (Å²) in [4.78, 5) is 0. The van der Waals surface area contributed by atoms with Gasteiger partial charge in [0.2, 0.25) is 5.82 Å². The van der Waals surface area contributed by atoms with E-state index in [9.17, 15) is 8.78 Å². The Morgan fingerprint density at radius 2 is 1.67 bits per heavy atom. The van der Waals surface area contributed by atoms with E-state index in [4.69, 9.17) is 19.2 Å². The summed E-state index contributed by atoms with van der Waals surface area (Å²) in [6.45, 7) is 2.01. The Morgan fingerprint density at radius 1 is 1.05 bits per heavy atom. The molecule has 108 valence electrons. The molecule has 0 amide bonds. The summed E-state index contributed by atoms with van der Waals surface area (Å²) in [7, 11) is -1.97. The van der Waals surface area contributed by atoms with Gasteiger partial charge in [-0.3, -0.25) is 0 Å². The first-order chi connectivity index (χ1) is 10.0. The molecule has 0 aliphatic rings. The number of hydrogen-bond acceptors (Lipinski definition) is 4. The highest BCUT2D eigenvalue weighted by Gasteiger charge is 2.23. The average Bonchev–Trinajstić information content (AvgIpc) is 2.83. The Morgan fingerprint density at radius 3 is 2.29 bits per heavy atom. The predicted molar refractivity (Wildman–Crippen MR) is 74.6 cm³/mol. The quantitative estimate of drug-likeness (QED) is 0.724. The molecule has 0 unspecified atom stereocenters. The molecule has 0 atom stereocenters. The van der Waals surface area contributed by atoms with Gasteiger partial charge in [-0.05, 0) is 19.1 Å². The van der Waals surface area contributed by atoms with E-state index in [1.54, 1.807) is 13.0 Å². The van der Waals surface area contributed by atoms with Crippen LogP contribution in [0.3, 0.4) is 0 Å². The molecule has 0 radical (unpaired) electrons. The Hall–Kier alpha value is -2.12. The minimum Gasteiger partial charge on any atom is -0.491 e. The van der Waals surface area contributed by atoms with Crippen molar-refractivity contribution in [3.63, 3.8) is 0 Å². The smallest absolute Gasteiger partial charge is 0.491 e. The molecule has 0 aliphatic carbocycles. The summed E-state index contributed by atoms with van der Waals surface area (Å²) in [6.07, 6.45) is 0. The molecule has 7 heteroatoms. The number of benzene rings is 2. The molecule has 0 spiro atoms. The first kappa shape index (κ1) is 13.8. The summed E-state index contributed by atoms with van der Waals surface area (Å²) in [5.41, 5.74) is -0.672. The molecule has 0 saturated carbocycles. The van der Waals surface area contributed by atoms with E-state index in [1.807, 2.05) is 0 Å². The molecular weight excluding hydrogens is 281 g/mol. The van der Waals surface area contributed by atoms with Gasteiger partial charge in [-0.25, -0.2) is 4.39 Å². The summed E-state index contributed by atoms with van der Waals surface area (Å²) in [5.74, 6) is -1.61. The topological polar surface area (TPSA) is 62.8 Å². The van der Waals surface area contributed by atoms with Gasteiger partial charge >= 0.3 is 7.12 Å². The molecule has 21 heavy (non-hydrogen) atoms. The van der Waals surface area contributed by atoms with Crippen molar-refractivity contribution in [2.24, 2.45) is 0 Å². The fraction of sp³-hybridized carbons (Fsp3) is 0.143. The van der Waals surface area contributed by atoms with Crippen molar-refractivity contribution < 1.29 is 28.0 Å². The van der Waals surface area contributed by atoms with Crippen molar-refractivity contribution in [2.75, 3.05) is 6.61 Å². The van der Waals surface area contributed by atoms with Crippen LogP contribution in [0.2, 0.25) is 0 Å². The number of hydrogen-bond donors (Lipinski definition) is 2. The molecular formula is C14H11BF2O4. The van der Waals surface area contributed by atoms with Gasteiger partial charge in [-0.2, -0.15) is 4.39 Å². The Balaban J connectivity index is 2.34. The number of halogens is 2. The Labute approximate surface area is 118 Å². The normalized spacial score (nSPS) is 11.3. The Kier molecular flexibility index (Phi) is 3.31. The van der Waals surface area contributed by atoms with Crippen molar-refractivity contribution in [1.29, 1.82) is 0 Å². The second kappa shape index (κ2) is 5.02. The monoisotopic (exact) mass is 292 g/mol. The minimum atomic E-state index is -1.97. The summed E-state index contributed by atoms with van der Waals surface area (Å²) >= 11 is 0. The Bertz CT molecular complexity index is 829. The molecule has 2 N–H and O–H groups in total. The number of ether oxygens (including phenoxy) is 1. The molecule has 0 bridgehead atoms. The zero-order valence-electron chi connectivity index (χ0n) is 11.1. The van der Waals surface area contributed by atoms with Crippen LogP contribution < -0.4 is 10.2 Å². The maximum atomic E-state index is 14.2. The second-order valence-corrected chi connectivity index (χ2v) is 4.51. The van der Waals surface area contributed by atoms with E-state index in [0.29, 0.717) is 10.8 Å². The lowest BCUT2D eigenvalue weighted by Crippen LogP contribution is -2.32. The molecule has 1 heterocycles. The second-order valence-electron chi connectivity index (χ2n) is 4.51. The summed E-state index contributed by atoms with van der Waals surface area (Å²) in [5, 5.41) is 18.9. The summed E-state index contributed by atoms with van der Waals surface area (Å²) in [6, 6.07) is 5.71. The van der Waals surface area contributed by atoms with Crippen LogP contribution >= 0.6 is 0 Å². The van der Waals surface area contributed by atoms with Crippen LogP contribution in [0.5, 0.6) is 5.75 Å². The highest BCUT2D eigenvalue weighted by atomic mass is 19.1. The van der Waals surface area contributed by atoms with Gasteiger partial charge in [0.1, 0.15) is 0 Å². The van der Waals surface area contributed by atoms with Gasteiger partial charge in [-0.1, -0.05) is 12.1 Å². The predicted octanol–water partition coefficient (Wildman–Crippen LogP) is 1.94. The lowest BCUT2D eigenvalue weighted by Gasteiger charge is -2.03. The van der Waals surface area contributed by atoms with Crippen LogP contribution in [0.15, 0.2) is 28.7 Å². The van der Waals surface area contributed by atoms with Crippen molar-refractivity contribution in [2.45, 2.75) is 6.92 Å². The minimum absolute atomic E-state index is 0.0203. The zero-order chi connectivity index (χ0) is 15.1. The van der Waals surface area contributed by atoms with E-state index in [2.05, 4.69) is 0 Å². The van der Waals surface area contributed by atoms with Crippen molar-refractivity contribution >= 4 is 34.5 Å². The van der Waals surface area contributed by atoms with Crippen LogP contribution in [0, 0.1) is 11.6 Å². The van der Waals surface area contributed by atoms with Crippen LogP contribution in [-0.2, 0) is 0 Å². The number of furan rings is 1. The molecule has 4 nitrogen and oxygen atoms in total. The first-order valence-corrected chi connectivity index (χ1v) is 6.36. The largest absolute Gasteiger partial charge is 0.491 e. The molecule has 0 aliphatic heterocycles. The third-order valence-corrected chi connectivity index (χ3v) is 3.26. The fourth-order valence-electron chi connectivity index (χ4n) is 2.30. The van der Waals surface area contributed by atoms with E-state index < -0.39 is 18.8 Å². The van der Waals surface area contributed by atoms with E-state index in [-0.39, 0.29) is 29.0 Å². The van der Waals surface area contributed by atoms with Gasteiger partial charge in [-0.15, -0.1) is 0 Å². The van der Waals surface area contributed by atoms with Gasteiger partial charge in [0, 0.05) is 16.2 Å². The van der Waals surface area contributed by atoms with Crippen molar-refractivity contribution in [3.05, 3.63) is 35.9 Å². The highest BCUT2D eigenvalue weighted by Crippen LogP contribution is 2.34. The first-order valence-electron chi connectivity index (χ1n) is 6.36. The third-order valence-electron chi connectivity index (χ3n) is 3.26. The van der Waals surface area contributed by atoms with Gasteiger partial charge in [0.05, 0.1) is 6.61 Å². The highest BCUT2D eigenvalue weighted by molar-refractivity contribution is 6.59. The van der Waals surface area contributed by atoms with Crippen LogP contribution in [0.25, 0.3) is 21.9 Å². The third kappa shape index (κ3) is 2.05. The maximum absolute atomic E-state index is 14.2. The van der Waals surface area contributed by atoms with E-state index >= 15 is 0 Å². The number of rotatable bonds is 3. The van der Waals surface area contributed by atoms with Crippen LogP contribution in [0.4, 0.5) is 8.78 Å². The zero-order valence-corrected chi connectivity index (χ0v) is 11.1. The van der Waals surface area contributed by atoms with Crippen molar-refractivity contribution in [1.82, 2.24) is 0 Å². The molecule has 2 aromatic carbocycles. The number of fused-ring (bicyclic) bond motifs is 3. The molecule has 1 aromatic heterocycles.